The lowest BCUT2D eigenvalue weighted by atomic mass is 9.90. The van der Waals surface area contributed by atoms with Crippen molar-refractivity contribution in [1.82, 2.24) is 19.7 Å². The summed E-state index contributed by atoms with van der Waals surface area (Å²) in [6, 6.07) is 14.7. The Hall–Kier alpha value is -4.46. The molecule has 0 amide bonds. The lowest BCUT2D eigenvalue weighted by Crippen LogP contribution is -2.15. The second kappa shape index (κ2) is 8.47. The van der Waals surface area contributed by atoms with E-state index in [2.05, 4.69) is 10.1 Å². The number of carbonyl (C=O) groups is 1. The minimum atomic E-state index is -1.04. The number of pyridine rings is 2. The fourth-order valence-electron chi connectivity index (χ4n) is 3.90. The Bertz CT molecular complexity index is 1500. The van der Waals surface area contributed by atoms with Crippen molar-refractivity contribution < 1.29 is 18.7 Å². The van der Waals surface area contributed by atoms with Gasteiger partial charge in [-0.2, -0.15) is 5.10 Å². The van der Waals surface area contributed by atoms with Gasteiger partial charge < -0.3 is 5.11 Å². The molecule has 0 spiro atoms. The van der Waals surface area contributed by atoms with E-state index in [9.17, 15) is 18.7 Å². The zero-order valence-corrected chi connectivity index (χ0v) is 18.0. The summed E-state index contributed by atoms with van der Waals surface area (Å²) in [5.74, 6) is -1.80. The van der Waals surface area contributed by atoms with E-state index in [0.29, 0.717) is 33.4 Å². The number of aliphatic carboxylic acids is 1. The number of hydrogen-bond acceptors (Lipinski definition) is 4. The van der Waals surface area contributed by atoms with Crippen molar-refractivity contribution in [3.8, 4) is 33.5 Å². The van der Waals surface area contributed by atoms with Crippen LogP contribution in [0.25, 0.3) is 44.5 Å². The molecule has 5 aromatic rings. The van der Waals surface area contributed by atoms with Crippen molar-refractivity contribution in [2.24, 2.45) is 0 Å². The largest absolute Gasteiger partial charge is 0.480 e. The number of carboxylic acids is 1. The van der Waals surface area contributed by atoms with Crippen molar-refractivity contribution >= 4 is 17.0 Å². The molecule has 6 nitrogen and oxygen atoms in total. The molecule has 0 fully saturated rings. The van der Waals surface area contributed by atoms with E-state index < -0.39 is 12.0 Å². The quantitative estimate of drug-likeness (QED) is 0.364. The van der Waals surface area contributed by atoms with Crippen LogP contribution in [0, 0.1) is 11.6 Å². The molecule has 34 heavy (non-hydrogen) atoms. The second-order valence-corrected chi connectivity index (χ2v) is 7.82. The first-order chi connectivity index (χ1) is 16.4. The molecule has 5 rings (SSSR count). The number of halogens is 2. The molecule has 0 aliphatic rings. The van der Waals surface area contributed by atoms with Gasteiger partial charge in [-0.3, -0.25) is 9.67 Å². The molecule has 0 aliphatic heterocycles. The van der Waals surface area contributed by atoms with Gasteiger partial charge in [-0.25, -0.2) is 18.6 Å². The first-order valence-electron chi connectivity index (χ1n) is 10.5. The van der Waals surface area contributed by atoms with Gasteiger partial charge in [0, 0.05) is 40.7 Å². The molecule has 0 aliphatic carbocycles. The number of hydrogen-bond donors (Lipinski definition) is 1. The predicted molar refractivity (Wildman–Crippen MR) is 124 cm³/mol. The molecule has 1 unspecified atom stereocenters. The predicted octanol–water partition coefficient (Wildman–Crippen LogP) is 5.75. The number of benzene rings is 2. The van der Waals surface area contributed by atoms with E-state index in [1.807, 2.05) is 12.1 Å². The molecule has 0 bridgehead atoms. The van der Waals surface area contributed by atoms with Gasteiger partial charge in [0.15, 0.2) is 5.65 Å². The first-order valence-corrected chi connectivity index (χ1v) is 10.5. The van der Waals surface area contributed by atoms with Crippen LogP contribution in [0.5, 0.6) is 0 Å². The first kappa shape index (κ1) is 21.4. The number of aromatic nitrogens is 4. The molecule has 1 atom stereocenters. The SMILES string of the molecule is CC(C(=O)O)n1cc2c(-c3ccc(F)cc3)c(-c3ccncc3)c(-c3ccc(F)cc3)nc2n1. The molecule has 168 valence electrons. The Morgan fingerprint density at radius 3 is 2.00 bits per heavy atom. The summed E-state index contributed by atoms with van der Waals surface area (Å²) in [5, 5.41) is 14.6. The van der Waals surface area contributed by atoms with E-state index in [0.717, 1.165) is 11.1 Å². The Morgan fingerprint density at radius 2 is 1.41 bits per heavy atom. The summed E-state index contributed by atoms with van der Waals surface area (Å²) in [6.07, 6.45) is 4.94. The van der Waals surface area contributed by atoms with Crippen LogP contribution in [0.2, 0.25) is 0 Å². The molecule has 0 saturated carbocycles. The molecule has 0 saturated heterocycles. The van der Waals surface area contributed by atoms with Crippen molar-refractivity contribution in [2.75, 3.05) is 0 Å². The average molecular weight is 456 g/mol. The van der Waals surface area contributed by atoms with Gasteiger partial charge in [0.1, 0.15) is 17.7 Å². The highest BCUT2D eigenvalue weighted by Gasteiger charge is 2.24. The third-order valence-corrected chi connectivity index (χ3v) is 5.66. The average Bonchev–Trinajstić information content (AvgIpc) is 3.28. The van der Waals surface area contributed by atoms with Gasteiger partial charge in [-0.1, -0.05) is 12.1 Å². The molecule has 2 aromatic carbocycles. The maximum absolute atomic E-state index is 13.8. The van der Waals surface area contributed by atoms with E-state index in [1.54, 1.807) is 42.9 Å². The maximum atomic E-state index is 13.8. The van der Waals surface area contributed by atoms with Crippen LogP contribution >= 0.6 is 0 Å². The topological polar surface area (TPSA) is 80.9 Å². The molecular weight excluding hydrogens is 438 g/mol. The highest BCUT2D eigenvalue weighted by molar-refractivity contribution is 6.06. The fraction of sp³-hybridized carbons (Fsp3) is 0.0769. The summed E-state index contributed by atoms with van der Waals surface area (Å²) in [4.78, 5) is 20.5. The lowest BCUT2D eigenvalue weighted by molar-refractivity contribution is -0.140. The lowest BCUT2D eigenvalue weighted by Gasteiger charge is -2.16. The number of fused-ring (bicyclic) bond motifs is 1. The van der Waals surface area contributed by atoms with E-state index in [-0.39, 0.29) is 11.6 Å². The standard InChI is InChI=1S/C26H18F2N4O2/c1-15(26(33)34)32-14-21-22(16-2-6-19(27)7-3-16)23(17-10-12-29-13-11-17)24(30-25(21)31-32)18-4-8-20(28)9-5-18/h2-15H,1H3,(H,33,34). The van der Waals surface area contributed by atoms with Gasteiger partial charge in [-0.15, -0.1) is 0 Å². The van der Waals surface area contributed by atoms with Crippen molar-refractivity contribution in [3.05, 3.63) is 90.9 Å². The van der Waals surface area contributed by atoms with Crippen molar-refractivity contribution in [3.63, 3.8) is 0 Å². The van der Waals surface area contributed by atoms with E-state index in [1.165, 1.54) is 35.9 Å². The zero-order chi connectivity index (χ0) is 23.8. The van der Waals surface area contributed by atoms with Crippen LogP contribution in [0.3, 0.4) is 0 Å². The highest BCUT2D eigenvalue weighted by atomic mass is 19.1. The fourth-order valence-corrected chi connectivity index (χ4v) is 3.90. The summed E-state index contributed by atoms with van der Waals surface area (Å²) < 4.78 is 28.8. The van der Waals surface area contributed by atoms with Crippen LogP contribution in [0.15, 0.2) is 79.3 Å². The van der Waals surface area contributed by atoms with Crippen LogP contribution in [0.4, 0.5) is 8.78 Å². The Kier molecular flexibility index (Phi) is 5.33. The third-order valence-electron chi connectivity index (χ3n) is 5.66. The van der Waals surface area contributed by atoms with Gasteiger partial charge in [0.05, 0.1) is 5.69 Å². The van der Waals surface area contributed by atoms with Gasteiger partial charge in [0.2, 0.25) is 0 Å². The maximum Gasteiger partial charge on any atom is 0.328 e. The molecule has 0 radical (unpaired) electrons. The minimum Gasteiger partial charge on any atom is -0.480 e. The molecule has 3 heterocycles. The van der Waals surface area contributed by atoms with Crippen LogP contribution in [0.1, 0.15) is 13.0 Å². The Morgan fingerprint density at radius 1 is 0.853 bits per heavy atom. The molecule has 8 heteroatoms. The highest BCUT2D eigenvalue weighted by Crippen LogP contribution is 2.43. The zero-order valence-electron chi connectivity index (χ0n) is 18.0. The second-order valence-electron chi connectivity index (χ2n) is 7.82. The van der Waals surface area contributed by atoms with Gasteiger partial charge >= 0.3 is 5.97 Å². The Labute approximate surface area is 193 Å². The summed E-state index contributed by atoms with van der Waals surface area (Å²) in [5.41, 5.74) is 4.43. The molecular formula is C26H18F2N4O2. The van der Waals surface area contributed by atoms with E-state index in [4.69, 9.17) is 4.98 Å². The number of nitrogens with zero attached hydrogens (tertiary/aromatic N) is 4. The van der Waals surface area contributed by atoms with Gasteiger partial charge in [-0.05, 0) is 66.6 Å². The Balaban J connectivity index is 1.92. The van der Waals surface area contributed by atoms with Crippen molar-refractivity contribution in [1.29, 1.82) is 0 Å². The normalized spacial score (nSPS) is 12.1. The van der Waals surface area contributed by atoms with Crippen LogP contribution in [-0.4, -0.2) is 30.8 Å². The van der Waals surface area contributed by atoms with Gasteiger partial charge in [0.25, 0.3) is 0 Å². The van der Waals surface area contributed by atoms with Crippen molar-refractivity contribution in [2.45, 2.75) is 13.0 Å². The van der Waals surface area contributed by atoms with Crippen LogP contribution < -0.4 is 0 Å². The number of rotatable bonds is 5. The third kappa shape index (κ3) is 3.79. The summed E-state index contributed by atoms with van der Waals surface area (Å²) in [7, 11) is 0. The monoisotopic (exact) mass is 456 g/mol. The van der Waals surface area contributed by atoms with Crippen LogP contribution in [-0.2, 0) is 4.79 Å². The van der Waals surface area contributed by atoms with E-state index >= 15 is 0 Å². The smallest absolute Gasteiger partial charge is 0.328 e. The molecule has 1 N–H and O–H groups in total. The molecule has 3 aromatic heterocycles. The number of carboxylic acid groups (broad SMARTS) is 1. The summed E-state index contributed by atoms with van der Waals surface area (Å²) in [6.45, 7) is 1.52. The minimum absolute atomic E-state index is 0.324. The summed E-state index contributed by atoms with van der Waals surface area (Å²) >= 11 is 0.